The molecule has 2 atom stereocenters. The summed E-state index contributed by atoms with van der Waals surface area (Å²) in [7, 11) is -3.04. The highest BCUT2D eigenvalue weighted by Gasteiger charge is 2.52. The van der Waals surface area contributed by atoms with E-state index in [0.717, 1.165) is 30.1 Å². The van der Waals surface area contributed by atoms with Crippen molar-refractivity contribution in [2.45, 2.75) is 66.0 Å². The maximum absolute atomic E-state index is 12.3. The van der Waals surface area contributed by atoms with E-state index in [4.69, 9.17) is 18.0 Å². The van der Waals surface area contributed by atoms with Crippen LogP contribution in [0.1, 0.15) is 60.3 Å². The first-order valence-corrected chi connectivity index (χ1v) is 12.0. The summed E-state index contributed by atoms with van der Waals surface area (Å²) in [5.41, 5.74) is -0.424. The van der Waals surface area contributed by atoms with E-state index in [0.29, 0.717) is 19.8 Å². The standard InChI is InChI=1S/C16H33IO5Si/c1-6-10-11-12-15(22-16(18)14(5)13-17)23(19-7-2,20-8-3)21-9-4/h14-15H,6-13H2,1-5H3. The van der Waals surface area contributed by atoms with Crippen LogP contribution in [0.25, 0.3) is 0 Å². The van der Waals surface area contributed by atoms with Crippen molar-refractivity contribution in [1.29, 1.82) is 0 Å². The Morgan fingerprint density at radius 1 is 1.00 bits per heavy atom. The monoisotopic (exact) mass is 460 g/mol. The van der Waals surface area contributed by atoms with Gasteiger partial charge in [0.2, 0.25) is 0 Å². The molecule has 23 heavy (non-hydrogen) atoms. The molecular formula is C16H33IO5Si. The van der Waals surface area contributed by atoms with Gasteiger partial charge in [-0.1, -0.05) is 49.3 Å². The molecule has 0 radical (unpaired) electrons. The maximum Gasteiger partial charge on any atom is 0.544 e. The van der Waals surface area contributed by atoms with E-state index in [1.165, 1.54) is 0 Å². The third-order valence-corrected chi connectivity index (χ3v) is 7.98. The van der Waals surface area contributed by atoms with E-state index in [1.807, 2.05) is 27.7 Å². The van der Waals surface area contributed by atoms with Crippen molar-refractivity contribution in [3.8, 4) is 0 Å². The molecule has 2 unspecified atom stereocenters. The van der Waals surface area contributed by atoms with Crippen molar-refractivity contribution in [3.63, 3.8) is 0 Å². The van der Waals surface area contributed by atoms with Crippen LogP contribution in [0.4, 0.5) is 0 Å². The molecule has 7 heteroatoms. The highest BCUT2D eigenvalue weighted by Crippen LogP contribution is 2.24. The smallest absolute Gasteiger partial charge is 0.458 e. The highest BCUT2D eigenvalue weighted by molar-refractivity contribution is 14.1. The second-order valence-electron chi connectivity index (χ2n) is 5.38. The average Bonchev–Trinajstić information content (AvgIpc) is 2.53. The van der Waals surface area contributed by atoms with Crippen LogP contribution in [0.3, 0.4) is 0 Å². The first-order chi connectivity index (χ1) is 11.0. The zero-order valence-corrected chi connectivity index (χ0v) is 18.4. The summed E-state index contributed by atoms with van der Waals surface area (Å²) in [5.74, 6) is -0.335. The fourth-order valence-electron chi connectivity index (χ4n) is 2.21. The van der Waals surface area contributed by atoms with E-state index in [1.54, 1.807) is 0 Å². The Hall–Kier alpha value is 0.297. The molecule has 0 amide bonds. The molecule has 138 valence electrons. The number of halogens is 1. The summed E-state index contributed by atoms with van der Waals surface area (Å²) in [4.78, 5) is 12.3. The van der Waals surface area contributed by atoms with Gasteiger partial charge in [0, 0.05) is 24.2 Å². The van der Waals surface area contributed by atoms with Crippen molar-refractivity contribution in [2.75, 3.05) is 24.2 Å². The van der Waals surface area contributed by atoms with Crippen LogP contribution >= 0.6 is 22.6 Å². The number of alkyl halides is 1. The number of ether oxygens (including phenoxy) is 1. The van der Waals surface area contributed by atoms with Gasteiger partial charge in [-0.2, -0.15) is 0 Å². The summed E-state index contributed by atoms with van der Waals surface area (Å²) < 4.78 is 24.3. The second kappa shape index (κ2) is 13.6. The molecule has 0 heterocycles. The van der Waals surface area contributed by atoms with Crippen LogP contribution in [-0.4, -0.2) is 44.7 Å². The van der Waals surface area contributed by atoms with Crippen LogP contribution in [0.15, 0.2) is 0 Å². The molecule has 5 nitrogen and oxygen atoms in total. The molecule has 0 aliphatic rings. The topological polar surface area (TPSA) is 54.0 Å². The SMILES string of the molecule is CCCCCC(OC(=O)C(C)CI)[Si](OCC)(OCC)OCC. The minimum absolute atomic E-state index is 0.138. The van der Waals surface area contributed by atoms with Crippen molar-refractivity contribution < 1.29 is 22.8 Å². The number of esters is 1. The van der Waals surface area contributed by atoms with E-state index in [2.05, 4.69) is 29.5 Å². The molecule has 0 aliphatic carbocycles. The summed E-state index contributed by atoms with van der Waals surface area (Å²) >= 11 is 2.20. The lowest BCUT2D eigenvalue weighted by Crippen LogP contribution is -2.58. The molecule has 0 spiro atoms. The van der Waals surface area contributed by atoms with Crippen LogP contribution in [-0.2, 0) is 22.8 Å². The van der Waals surface area contributed by atoms with Crippen molar-refractivity contribution >= 4 is 37.4 Å². The summed E-state index contributed by atoms with van der Waals surface area (Å²) in [6.45, 7) is 11.2. The van der Waals surface area contributed by atoms with E-state index < -0.39 is 14.5 Å². The molecule has 0 aromatic rings. The molecule has 0 fully saturated rings. The fourth-order valence-corrected chi connectivity index (χ4v) is 5.41. The molecule has 0 aliphatic heterocycles. The minimum atomic E-state index is -3.04. The fraction of sp³-hybridized carbons (Fsp3) is 0.938. The Balaban J connectivity index is 5.29. The Labute approximate surface area is 156 Å². The molecule has 0 aromatic carbocycles. The van der Waals surface area contributed by atoms with Gasteiger partial charge in [-0.3, -0.25) is 4.79 Å². The van der Waals surface area contributed by atoms with Gasteiger partial charge in [-0.25, -0.2) is 0 Å². The predicted molar refractivity (Wildman–Crippen MR) is 103 cm³/mol. The second-order valence-corrected chi connectivity index (χ2v) is 8.98. The van der Waals surface area contributed by atoms with E-state index in [9.17, 15) is 4.79 Å². The molecule has 0 saturated heterocycles. The maximum atomic E-state index is 12.3. The van der Waals surface area contributed by atoms with E-state index in [-0.39, 0.29) is 11.9 Å². The van der Waals surface area contributed by atoms with Gasteiger partial charge >= 0.3 is 14.8 Å². The number of carbonyl (C=O) groups excluding carboxylic acids is 1. The van der Waals surface area contributed by atoms with Gasteiger partial charge in [-0.15, -0.1) is 0 Å². The Kier molecular flexibility index (Phi) is 13.7. The third kappa shape index (κ3) is 8.29. The van der Waals surface area contributed by atoms with Gasteiger partial charge in [-0.05, 0) is 33.6 Å². The lowest BCUT2D eigenvalue weighted by atomic mass is 10.2. The minimum Gasteiger partial charge on any atom is -0.458 e. The first kappa shape index (κ1) is 23.3. The van der Waals surface area contributed by atoms with Crippen molar-refractivity contribution in [2.24, 2.45) is 5.92 Å². The zero-order valence-electron chi connectivity index (χ0n) is 15.2. The lowest BCUT2D eigenvalue weighted by molar-refractivity contribution is -0.153. The van der Waals surface area contributed by atoms with Gasteiger partial charge in [0.05, 0.1) is 5.92 Å². The molecule has 0 rings (SSSR count). The summed E-state index contributed by atoms with van der Waals surface area (Å²) in [6.07, 6.45) is 3.89. The molecule has 0 bridgehead atoms. The van der Waals surface area contributed by atoms with Crippen LogP contribution in [0, 0.1) is 5.92 Å². The Bertz CT molecular complexity index is 300. The summed E-state index contributed by atoms with van der Waals surface area (Å²) in [5, 5.41) is 0. The molecule has 0 saturated carbocycles. The third-order valence-electron chi connectivity index (χ3n) is 3.39. The van der Waals surface area contributed by atoms with Gasteiger partial charge in [0.25, 0.3) is 0 Å². The van der Waals surface area contributed by atoms with Crippen LogP contribution < -0.4 is 0 Å². The average molecular weight is 460 g/mol. The van der Waals surface area contributed by atoms with Crippen LogP contribution in [0.2, 0.25) is 0 Å². The van der Waals surface area contributed by atoms with Gasteiger partial charge < -0.3 is 18.0 Å². The van der Waals surface area contributed by atoms with Crippen molar-refractivity contribution in [3.05, 3.63) is 0 Å². The number of hydrogen-bond acceptors (Lipinski definition) is 5. The highest BCUT2D eigenvalue weighted by atomic mass is 127. The van der Waals surface area contributed by atoms with Gasteiger partial charge in [0.15, 0.2) is 5.73 Å². The first-order valence-electron chi connectivity index (χ1n) is 8.69. The normalized spacial score (nSPS) is 14.5. The number of rotatable bonds is 14. The lowest BCUT2D eigenvalue weighted by Gasteiger charge is -2.35. The Morgan fingerprint density at radius 2 is 1.52 bits per heavy atom. The van der Waals surface area contributed by atoms with Crippen LogP contribution in [0.5, 0.6) is 0 Å². The quantitative estimate of drug-likeness (QED) is 0.128. The molecular weight excluding hydrogens is 427 g/mol. The van der Waals surface area contributed by atoms with Gasteiger partial charge in [0.1, 0.15) is 0 Å². The molecule has 0 N–H and O–H groups in total. The number of hydrogen-bond donors (Lipinski definition) is 0. The predicted octanol–water partition coefficient (Wildman–Crippen LogP) is 4.14. The molecule has 0 aromatic heterocycles. The van der Waals surface area contributed by atoms with E-state index >= 15 is 0 Å². The Morgan fingerprint density at radius 3 is 1.91 bits per heavy atom. The number of carbonyl (C=O) groups is 1. The summed E-state index contributed by atoms with van der Waals surface area (Å²) in [6, 6.07) is 0. The largest absolute Gasteiger partial charge is 0.544 e. The number of unbranched alkanes of at least 4 members (excludes halogenated alkanes) is 2. The van der Waals surface area contributed by atoms with Crippen molar-refractivity contribution in [1.82, 2.24) is 0 Å². The zero-order chi connectivity index (χ0) is 17.7.